The lowest BCUT2D eigenvalue weighted by molar-refractivity contribution is 0.631. The van der Waals surface area contributed by atoms with Crippen molar-refractivity contribution in [3.05, 3.63) is 127 Å². The van der Waals surface area contributed by atoms with Crippen LogP contribution in [-0.2, 0) is 13.1 Å². The highest BCUT2D eigenvalue weighted by Gasteiger charge is 2.16. The Morgan fingerprint density at radius 3 is 2.42 bits per heavy atom. The molecule has 0 amide bonds. The van der Waals surface area contributed by atoms with Gasteiger partial charge < -0.3 is 10.3 Å². The Balaban J connectivity index is 1.21. The van der Waals surface area contributed by atoms with E-state index in [2.05, 4.69) is 48.7 Å². The van der Waals surface area contributed by atoms with E-state index in [1.807, 2.05) is 67.0 Å². The predicted octanol–water partition coefficient (Wildman–Crippen LogP) is 7.26. The van der Waals surface area contributed by atoms with E-state index in [4.69, 9.17) is 0 Å². The Bertz CT molecular complexity index is 1960. The van der Waals surface area contributed by atoms with Crippen LogP contribution in [0.2, 0.25) is 0 Å². The second-order valence-electron chi connectivity index (χ2n) is 9.79. The number of pyridine rings is 2. The smallest absolute Gasteiger partial charge is 0.131 e. The van der Waals surface area contributed by atoms with Crippen molar-refractivity contribution in [1.29, 1.82) is 0 Å². The summed E-state index contributed by atoms with van der Waals surface area (Å²) in [6.45, 7) is 1.49. The molecule has 0 saturated heterocycles. The van der Waals surface area contributed by atoms with Gasteiger partial charge in [-0.2, -0.15) is 5.10 Å². The molecule has 0 bridgehead atoms. The monoisotopic (exact) mass is 524 g/mol. The van der Waals surface area contributed by atoms with Crippen LogP contribution >= 0.6 is 0 Å². The van der Waals surface area contributed by atoms with Crippen molar-refractivity contribution < 1.29 is 4.39 Å². The number of benzene rings is 3. The average molecular weight is 525 g/mol. The quantitative estimate of drug-likeness (QED) is 0.205. The fourth-order valence-corrected chi connectivity index (χ4v) is 5.15. The van der Waals surface area contributed by atoms with Crippen molar-refractivity contribution >= 4 is 21.8 Å². The van der Waals surface area contributed by atoms with Gasteiger partial charge in [-0.05, 0) is 47.0 Å². The van der Waals surface area contributed by atoms with Crippen LogP contribution in [0.25, 0.3) is 55.6 Å². The lowest BCUT2D eigenvalue weighted by Crippen LogP contribution is -2.12. The van der Waals surface area contributed by atoms with Crippen LogP contribution < -0.4 is 5.32 Å². The van der Waals surface area contributed by atoms with E-state index >= 15 is 0 Å². The summed E-state index contributed by atoms with van der Waals surface area (Å²) in [5, 5.41) is 13.1. The normalized spacial score (nSPS) is 11.4. The Morgan fingerprint density at radius 1 is 0.700 bits per heavy atom. The number of aromatic nitrogens is 5. The molecule has 194 valence electrons. The molecule has 0 aliphatic heterocycles. The topological polar surface area (TPSA) is 82.3 Å². The van der Waals surface area contributed by atoms with Crippen molar-refractivity contribution in [3.8, 4) is 33.8 Å². The number of hydrogen-bond acceptors (Lipinski definition) is 4. The zero-order valence-electron chi connectivity index (χ0n) is 21.5. The molecular weight excluding hydrogens is 499 g/mol. The molecule has 7 rings (SSSR count). The largest absolute Gasteiger partial charge is 0.353 e. The summed E-state index contributed by atoms with van der Waals surface area (Å²) < 4.78 is 14.6. The van der Waals surface area contributed by atoms with Gasteiger partial charge in [0.25, 0.3) is 0 Å². The zero-order valence-corrected chi connectivity index (χ0v) is 21.5. The molecule has 0 atom stereocenters. The minimum atomic E-state index is -0.246. The standard InChI is InChI=1S/C33H25FN6/c34-28-11-5-4-9-25(28)24-10-6-12-29-26(24)14-31(38-29)33-27-15-30(37-20-32(27)39-40-33)23-13-22(18-36-19-23)17-35-16-21-7-2-1-3-8-21/h1-15,18-20,35,38H,16-17H2,(H,39,40). The van der Waals surface area contributed by atoms with Crippen LogP contribution in [0.3, 0.4) is 0 Å². The molecule has 0 aliphatic rings. The second kappa shape index (κ2) is 10.2. The molecule has 0 unspecified atom stereocenters. The molecular formula is C33H25FN6. The fourth-order valence-electron chi connectivity index (χ4n) is 5.15. The molecule has 40 heavy (non-hydrogen) atoms. The number of aromatic amines is 2. The SMILES string of the molecule is Fc1ccccc1-c1cccc2[nH]c(-c3n[nH]c4cnc(-c5cncc(CNCc6ccccc6)c5)cc34)cc12. The van der Waals surface area contributed by atoms with Gasteiger partial charge in [-0.3, -0.25) is 15.1 Å². The van der Waals surface area contributed by atoms with Crippen LogP contribution in [0.1, 0.15) is 11.1 Å². The third-order valence-electron chi connectivity index (χ3n) is 7.12. The summed E-state index contributed by atoms with van der Waals surface area (Å²) >= 11 is 0. The third-order valence-corrected chi connectivity index (χ3v) is 7.12. The Labute approximate surface area is 230 Å². The van der Waals surface area contributed by atoms with Crippen molar-refractivity contribution in [1.82, 2.24) is 30.5 Å². The molecule has 3 aromatic carbocycles. The van der Waals surface area contributed by atoms with Gasteiger partial charge in [0.2, 0.25) is 0 Å². The van der Waals surface area contributed by atoms with Crippen LogP contribution in [-0.4, -0.2) is 25.1 Å². The molecule has 0 fully saturated rings. The Morgan fingerprint density at radius 2 is 1.52 bits per heavy atom. The maximum atomic E-state index is 14.6. The average Bonchev–Trinajstić information content (AvgIpc) is 3.62. The van der Waals surface area contributed by atoms with E-state index in [0.29, 0.717) is 12.1 Å². The molecule has 7 aromatic rings. The molecule has 0 radical (unpaired) electrons. The predicted molar refractivity (Wildman–Crippen MR) is 157 cm³/mol. The van der Waals surface area contributed by atoms with Crippen molar-refractivity contribution in [2.45, 2.75) is 13.1 Å². The molecule has 7 heteroatoms. The minimum absolute atomic E-state index is 0.246. The van der Waals surface area contributed by atoms with E-state index in [-0.39, 0.29) is 5.82 Å². The van der Waals surface area contributed by atoms with E-state index in [1.165, 1.54) is 11.6 Å². The first-order valence-electron chi connectivity index (χ1n) is 13.1. The Kier molecular flexibility index (Phi) is 6.11. The van der Waals surface area contributed by atoms with Crippen molar-refractivity contribution in [2.24, 2.45) is 0 Å². The fraction of sp³-hybridized carbons (Fsp3) is 0.0606. The van der Waals surface area contributed by atoms with Gasteiger partial charge >= 0.3 is 0 Å². The number of nitrogens with one attached hydrogen (secondary N) is 3. The highest BCUT2D eigenvalue weighted by atomic mass is 19.1. The first-order chi connectivity index (χ1) is 19.7. The number of halogens is 1. The number of fused-ring (bicyclic) bond motifs is 2. The summed E-state index contributed by atoms with van der Waals surface area (Å²) in [7, 11) is 0. The van der Waals surface area contributed by atoms with Gasteiger partial charge in [-0.15, -0.1) is 0 Å². The summed E-state index contributed by atoms with van der Waals surface area (Å²) in [4.78, 5) is 12.6. The first kappa shape index (κ1) is 23.9. The first-order valence-corrected chi connectivity index (χ1v) is 13.1. The molecule has 4 aromatic heterocycles. The van der Waals surface area contributed by atoms with E-state index in [0.717, 1.165) is 62.1 Å². The summed E-state index contributed by atoms with van der Waals surface area (Å²) in [5.41, 5.74) is 8.86. The van der Waals surface area contributed by atoms with Gasteiger partial charge in [0, 0.05) is 52.9 Å². The molecule has 0 aliphatic carbocycles. The van der Waals surface area contributed by atoms with E-state index in [9.17, 15) is 4.39 Å². The van der Waals surface area contributed by atoms with Gasteiger partial charge in [-0.25, -0.2) is 4.39 Å². The number of nitrogens with zero attached hydrogens (tertiary/aromatic N) is 3. The summed E-state index contributed by atoms with van der Waals surface area (Å²) in [6, 6.07) is 29.2. The highest BCUT2D eigenvalue weighted by molar-refractivity contribution is 6.01. The number of rotatable bonds is 7. The molecule has 0 spiro atoms. The lowest BCUT2D eigenvalue weighted by atomic mass is 10.0. The number of hydrogen-bond donors (Lipinski definition) is 3. The summed E-state index contributed by atoms with van der Waals surface area (Å²) in [5.74, 6) is -0.246. The lowest BCUT2D eigenvalue weighted by Gasteiger charge is -2.07. The van der Waals surface area contributed by atoms with Gasteiger partial charge in [-0.1, -0.05) is 60.7 Å². The van der Waals surface area contributed by atoms with E-state index < -0.39 is 0 Å². The zero-order chi connectivity index (χ0) is 26.9. The molecule has 4 heterocycles. The van der Waals surface area contributed by atoms with E-state index in [1.54, 1.807) is 18.3 Å². The van der Waals surface area contributed by atoms with Crippen LogP contribution in [0.4, 0.5) is 4.39 Å². The summed E-state index contributed by atoms with van der Waals surface area (Å²) in [6.07, 6.45) is 5.51. The van der Waals surface area contributed by atoms with Gasteiger partial charge in [0.1, 0.15) is 11.5 Å². The number of H-pyrrole nitrogens is 2. The maximum Gasteiger partial charge on any atom is 0.131 e. The maximum absolute atomic E-state index is 14.6. The Hall–Kier alpha value is -5.14. The van der Waals surface area contributed by atoms with Gasteiger partial charge in [0.15, 0.2) is 0 Å². The molecule has 6 nitrogen and oxygen atoms in total. The van der Waals surface area contributed by atoms with Crippen LogP contribution in [0, 0.1) is 5.82 Å². The van der Waals surface area contributed by atoms with Crippen LogP contribution in [0.5, 0.6) is 0 Å². The minimum Gasteiger partial charge on any atom is -0.353 e. The van der Waals surface area contributed by atoms with Crippen molar-refractivity contribution in [2.75, 3.05) is 0 Å². The third kappa shape index (κ3) is 4.52. The van der Waals surface area contributed by atoms with Crippen molar-refractivity contribution in [3.63, 3.8) is 0 Å². The molecule has 3 N–H and O–H groups in total. The van der Waals surface area contributed by atoms with Gasteiger partial charge in [0.05, 0.1) is 23.1 Å². The second-order valence-corrected chi connectivity index (χ2v) is 9.79. The highest BCUT2D eigenvalue weighted by Crippen LogP contribution is 2.35. The van der Waals surface area contributed by atoms with Crippen LogP contribution in [0.15, 0.2) is 110 Å². The molecule has 0 saturated carbocycles.